The molecular formula is C8H17ClN2O3. The maximum Gasteiger partial charge on any atom is 0.242 e. The Morgan fingerprint density at radius 2 is 2.14 bits per heavy atom. The van der Waals surface area contributed by atoms with E-state index < -0.39 is 6.04 Å². The molecule has 0 aliphatic carbocycles. The Hall–Kier alpha value is -0.360. The first-order chi connectivity index (χ1) is 6.25. The van der Waals surface area contributed by atoms with Gasteiger partial charge in [0.2, 0.25) is 5.91 Å². The predicted octanol–water partition coefficient (Wildman–Crippen LogP) is -0.759. The zero-order valence-corrected chi connectivity index (χ0v) is 9.09. The lowest BCUT2D eigenvalue weighted by Gasteiger charge is -2.28. The number of nitrogens with two attached hydrogens (primary N) is 1. The van der Waals surface area contributed by atoms with Crippen LogP contribution < -0.4 is 5.73 Å². The summed E-state index contributed by atoms with van der Waals surface area (Å²) < 4.78 is 9.94. The summed E-state index contributed by atoms with van der Waals surface area (Å²) in [4.78, 5) is 13.3. The van der Waals surface area contributed by atoms with E-state index in [0.29, 0.717) is 26.3 Å². The second kappa shape index (κ2) is 7.00. The number of nitrogens with zero attached hydrogens (tertiary/aromatic N) is 1. The highest BCUT2D eigenvalue weighted by molar-refractivity contribution is 5.85. The van der Waals surface area contributed by atoms with Crippen LogP contribution in [0.4, 0.5) is 0 Å². The number of halogens is 1. The molecule has 1 atom stereocenters. The zero-order chi connectivity index (χ0) is 9.68. The summed E-state index contributed by atoms with van der Waals surface area (Å²) in [6, 6.07) is -0.539. The Morgan fingerprint density at radius 1 is 1.57 bits per heavy atom. The van der Waals surface area contributed by atoms with E-state index in [1.165, 1.54) is 7.11 Å². The Labute approximate surface area is 89.9 Å². The van der Waals surface area contributed by atoms with Gasteiger partial charge in [-0.25, -0.2) is 0 Å². The van der Waals surface area contributed by atoms with Gasteiger partial charge in [0.15, 0.2) is 0 Å². The van der Waals surface area contributed by atoms with Crippen molar-refractivity contribution >= 4 is 18.3 Å². The van der Waals surface area contributed by atoms with Crippen molar-refractivity contribution in [1.82, 2.24) is 4.90 Å². The third-order valence-corrected chi connectivity index (χ3v) is 1.99. The van der Waals surface area contributed by atoms with Gasteiger partial charge in [0.1, 0.15) is 6.04 Å². The van der Waals surface area contributed by atoms with Gasteiger partial charge in [0.05, 0.1) is 19.8 Å². The van der Waals surface area contributed by atoms with Crippen LogP contribution >= 0.6 is 12.4 Å². The summed E-state index contributed by atoms with van der Waals surface area (Å²) in [6.07, 6.45) is 0. The summed E-state index contributed by atoms with van der Waals surface area (Å²) in [5, 5.41) is 0. The average Bonchev–Trinajstić information content (AvgIpc) is 2.18. The van der Waals surface area contributed by atoms with Crippen LogP contribution in [0, 0.1) is 0 Å². The molecule has 0 aromatic carbocycles. The molecule has 0 radical (unpaired) electrons. The molecule has 1 saturated heterocycles. The van der Waals surface area contributed by atoms with E-state index in [-0.39, 0.29) is 24.9 Å². The number of ether oxygens (including phenoxy) is 2. The van der Waals surface area contributed by atoms with Gasteiger partial charge in [-0.2, -0.15) is 0 Å². The first kappa shape index (κ1) is 13.6. The third kappa shape index (κ3) is 3.79. The highest BCUT2D eigenvalue weighted by atomic mass is 35.5. The molecule has 14 heavy (non-hydrogen) atoms. The van der Waals surface area contributed by atoms with E-state index in [0.717, 1.165) is 0 Å². The normalized spacial score (nSPS) is 18.6. The van der Waals surface area contributed by atoms with Crippen LogP contribution in [-0.4, -0.2) is 56.9 Å². The van der Waals surface area contributed by atoms with Gasteiger partial charge in [0.25, 0.3) is 0 Å². The van der Waals surface area contributed by atoms with Crippen molar-refractivity contribution in [3.05, 3.63) is 0 Å². The maximum atomic E-state index is 11.6. The van der Waals surface area contributed by atoms with Gasteiger partial charge in [0, 0.05) is 20.2 Å². The molecule has 1 amide bonds. The number of rotatable bonds is 3. The first-order valence-corrected chi connectivity index (χ1v) is 4.36. The molecule has 0 aromatic rings. The Bertz CT molecular complexity index is 174. The number of carbonyl (C=O) groups excluding carboxylic acids is 1. The largest absolute Gasteiger partial charge is 0.383 e. The summed E-state index contributed by atoms with van der Waals surface area (Å²) in [5.74, 6) is -0.0508. The number of methoxy groups -OCH3 is 1. The molecule has 1 rings (SSSR count). The van der Waals surface area contributed by atoms with Gasteiger partial charge in [-0.15, -0.1) is 12.4 Å². The molecule has 1 aliphatic rings. The van der Waals surface area contributed by atoms with Crippen molar-refractivity contribution < 1.29 is 14.3 Å². The van der Waals surface area contributed by atoms with Crippen molar-refractivity contribution in [3.63, 3.8) is 0 Å². The minimum atomic E-state index is -0.539. The van der Waals surface area contributed by atoms with Crippen LogP contribution in [0.3, 0.4) is 0 Å². The van der Waals surface area contributed by atoms with Gasteiger partial charge < -0.3 is 20.1 Å². The van der Waals surface area contributed by atoms with Gasteiger partial charge in [-0.05, 0) is 0 Å². The van der Waals surface area contributed by atoms with Crippen LogP contribution in [0.15, 0.2) is 0 Å². The molecule has 2 N–H and O–H groups in total. The Balaban J connectivity index is 0.00000169. The number of morpholine rings is 1. The second-order valence-corrected chi connectivity index (χ2v) is 3.00. The minimum absolute atomic E-state index is 0. The molecule has 5 nitrogen and oxygen atoms in total. The first-order valence-electron chi connectivity index (χ1n) is 4.36. The highest BCUT2D eigenvalue weighted by Gasteiger charge is 2.22. The van der Waals surface area contributed by atoms with Crippen molar-refractivity contribution in [3.8, 4) is 0 Å². The molecule has 0 bridgehead atoms. The van der Waals surface area contributed by atoms with Crippen molar-refractivity contribution in [1.29, 1.82) is 0 Å². The van der Waals surface area contributed by atoms with Gasteiger partial charge in [-0.3, -0.25) is 4.79 Å². The number of hydrogen-bond donors (Lipinski definition) is 1. The average molecular weight is 225 g/mol. The van der Waals surface area contributed by atoms with Crippen LogP contribution in [0.25, 0.3) is 0 Å². The maximum absolute atomic E-state index is 11.6. The van der Waals surface area contributed by atoms with Crippen molar-refractivity contribution in [2.45, 2.75) is 6.04 Å². The Kier molecular flexibility index (Phi) is 6.82. The highest BCUT2D eigenvalue weighted by Crippen LogP contribution is 1.99. The lowest BCUT2D eigenvalue weighted by Crippen LogP contribution is -2.50. The summed E-state index contributed by atoms with van der Waals surface area (Å²) in [6.45, 7) is 2.75. The fraction of sp³-hybridized carbons (Fsp3) is 0.875. The standard InChI is InChI=1S/C8H16N2O3.ClH/c1-12-6-7(9)8(11)10-2-4-13-5-3-10;/h7H,2-6,9H2,1H3;1H. The van der Waals surface area contributed by atoms with Crippen LogP contribution in [-0.2, 0) is 14.3 Å². The zero-order valence-electron chi connectivity index (χ0n) is 8.27. The van der Waals surface area contributed by atoms with Crippen molar-refractivity contribution in [2.24, 2.45) is 5.73 Å². The van der Waals surface area contributed by atoms with E-state index in [1.807, 2.05) is 0 Å². The summed E-state index contributed by atoms with van der Waals surface area (Å²) in [5.41, 5.74) is 5.60. The minimum Gasteiger partial charge on any atom is -0.383 e. The summed E-state index contributed by atoms with van der Waals surface area (Å²) >= 11 is 0. The van der Waals surface area contributed by atoms with E-state index in [4.69, 9.17) is 15.2 Å². The predicted molar refractivity (Wildman–Crippen MR) is 54.5 cm³/mol. The molecule has 84 valence electrons. The topological polar surface area (TPSA) is 64.8 Å². The molecule has 6 heteroatoms. The van der Waals surface area contributed by atoms with E-state index in [1.54, 1.807) is 4.90 Å². The van der Waals surface area contributed by atoms with Crippen LogP contribution in [0.1, 0.15) is 0 Å². The molecule has 0 aromatic heterocycles. The molecule has 1 heterocycles. The molecule has 1 unspecified atom stereocenters. The van der Waals surface area contributed by atoms with E-state index >= 15 is 0 Å². The number of amides is 1. The van der Waals surface area contributed by atoms with Gasteiger partial charge >= 0.3 is 0 Å². The number of hydrogen-bond acceptors (Lipinski definition) is 4. The molecular weight excluding hydrogens is 208 g/mol. The quantitative estimate of drug-likeness (QED) is 0.685. The lowest BCUT2D eigenvalue weighted by atomic mass is 10.2. The fourth-order valence-electron chi connectivity index (χ4n) is 1.27. The number of carbonyl (C=O) groups is 1. The second-order valence-electron chi connectivity index (χ2n) is 3.00. The van der Waals surface area contributed by atoms with E-state index in [2.05, 4.69) is 0 Å². The van der Waals surface area contributed by atoms with Gasteiger partial charge in [-0.1, -0.05) is 0 Å². The SMILES string of the molecule is COCC(N)C(=O)N1CCOCC1.Cl. The van der Waals surface area contributed by atoms with E-state index in [9.17, 15) is 4.79 Å². The molecule has 0 saturated carbocycles. The monoisotopic (exact) mass is 224 g/mol. The third-order valence-electron chi connectivity index (χ3n) is 1.99. The summed E-state index contributed by atoms with van der Waals surface area (Å²) in [7, 11) is 1.53. The smallest absolute Gasteiger partial charge is 0.242 e. The van der Waals surface area contributed by atoms with Crippen LogP contribution in [0.2, 0.25) is 0 Å². The molecule has 1 aliphatic heterocycles. The lowest BCUT2D eigenvalue weighted by molar-refractivity contribution is -0.137. The Morgan fingerprint density at radius 3 is 2.64 bits per heavy atom. The van der Waals surface area contributed by atoms with Crippen molar-refractivity contribution in [2.75, 3.05) is 40.0 Å². The fourth-order valence-corrected chi connectivity index (χ4v) is 1.27. The molecule has 0 spiro atoms. The molecule has 1 fully saturated rings. The van der Waals surface area contributed by atoms with Crippen LogP contribution in [0.5, 0.6) is 0 Å².